The van der Waals surface area contributed by atoms with Gasteiger partial charge in [-0.25, -0.2) is 15.0 Å². The van der Waals surface area contributed by atoms with Gasteiger partial charge >= 0.3 is 0 Å². The molecule has 0 unspecified atom stereocenters. The molecule has 198 valence electrons. The van der Waals surface area contributed by atoms with Crippen LogP contribution in [0, 0.1) is 0 Å². The molecule has 0 bridgehead atoms. The summed E-state index contributed by atoms with van der Waals surface area (Å²) in [6.45, 7) is 7.76. The zero-order chi connectivity index (χ0) is 28.5. The van der Waals surface area contributed by atoms with Gasteiger partial charge in [0.2, 0.25) is 0 Å². The summed E-state index contributed by atoms with van der Waals surface area (Å²) < 4.78 is 0. The molecule has 7 rings (SSSR count). The van der Waals surface area contributed by atoms with Crippen LogP contribution in [0.4, 0.5) is 0 Å². The maximum atomic E-state index is 4.97. The van der Waals surface area contributed by atoms with Crippen LogP contribution in [0.5, 0.6) is 0 Å². The zero-order valence-corrected chi connectivity index (χ0v) is 22.9. The molecule has 0 N–H and O–H groups in total. The van der Waals surface area contributed by atoms with E-state index in [1.807, 2.05) is 42.6 Å². The third kappa shape index (κ3) is 4.76. The molecule has 0 atom stereocenters. The SMILES string of the molecule is C=Cc1cc(-c2ccc(-c3nc(-c4ccc5ccccc5c4)nc(-c4ccc5ccccc5c4)n3)cc2)cnc1C=C. The van der Waals surface area contributed by atoms with Gasteiger partial charge in [0.05, 0.1) is 5.69 Å². The third-order valence-electron chi connectivity index (χ3n) is 7.49. The van der Waals surface area contributed by atoms with Gasteiger partial charge in [-0.15, -0.1) is 0 Å². The van der Waals surface area contributed by atoms with E-state index in [-0.39, 0.29) is 0 Å². The van der Waals surface area contributed by atoms with Crippen LogP contribution in [-0.2, 0) is 0 Å². The van der Waals surface area contributed by atoms with Crippen molar-refractivity contribution >= 4 is 33.7 Å². The van der Waals surface area contributed by atoms with Crippen molar-refractivity contribution in [3.05, 3.63) is 146 Å². The average molecular weight is 539 g/mol. The first-order valence-electron chi connectivity index (χ1n) is 13.8. The molecule has 0 spiro atoms. The Kier molecular flexibility index (Phi) is 6.42. The number of hydrogen-bond donors (Lipinski definition) is 0. The van der Waals surface area contributed by atoms with Crippen LogP contribution in [0.2, 0.25) is 0 Å². The first-order valence-corrected chi connectivity index (χ1v) is 13.8. The maximum absolute atomic E-state index is 4.97. The second-order valence-corrected chi connectivity index (χ2v) is 10.1. The largest absolute Gasteiger partial charge is 0.256 e. The molecule has 4 nitrogen and oxygen atoms in total. The second kappa shape index (κ2) is 10.7. The molecule has 0 saturated heterocycles. The molecule has 7 aromatic rings. The predicted octanol–water partition coefficient (Wildman–Crippen LogP) is 9.53. The van der Waals surface area contributed by atoms with E-state index in [4.69, 9.17) is 15.0 Å². The highest BCUT2D eigenvalue weighted by Gasteiger charge is 2.14. The molecule has 2 aromatic heterocycles. The van der Waals surface area contributed by atoms with Gasteiger partial charge in [0.15, 0.2) is 17.5 Å². The Balaban J connectivity index is 1.34. The summed E-state index contributed by atoms with van der Waals surface area (Å²) in [5, 5.41) is 4.64. The first kappa shape index (κ1) is 25.2. The summed E-state index contributed by atoms with van der Waals surface area (Å²) in [4.78, 5) is 19.4. The fraction of sp³-hybridized carbons (Fsp3) is 0. The number of aromatic nitrogens is 4. The number of pyridine rings is 1. The molecule has 0 fully saturated rings. The summed E-state index contributed by atoms with van der Waals surface area (Å²) in [5.74, 6) is 1.89. The van der Waals surface area contributed by atoms with E-state index in [1.165, 1.54) is 10.8 Å². The highest BCUT2D eigenvalue weighted by Crippen LogP contribution is 2.30. The molecule has 0 aliphatic rings. The summed E-state index contributed by atoms with van der Waals surface area (Å²) in [5.41, 5.74) is 6.62. The van der Waals surface area contributed by atoms with Gasteiger partial charge in [-0.1, -0.05) is 116 Å². The number of rotatable bonds is 6. The van der Waals surface area contributed by atoms with Crippen LogP contribution in [-0.4, -0.2) is 19.9 Å². The molecule has 4 heteroatoms. The smallest absolute Gasteiger partial charge is 0.164 e. The van der Waals surface area contributed by atoms with Crippen molar-refractivity contribution < 1.29 is 0 Å². The molecule has 0 aliphatic heterocycles. The number of hydrogen-bond acceptors (Lipinski definition) is 4. The highest BCUT2D eigenvalue weighted by molar-refractivity contribution is 5.88. The minimum atomic E-state index is 0.620. The van der Waals surface area contributed by atoms with Crippen LogP contribution in [0.3, 0.4) is 0 Å². The Bertz CT molecular complexity index is 2030. The van der Waals surface area contributed by atoms with Gasteiger partial charge in [0, 0.05) is 34.0 Å². The summed E-state index contributed by atoms with van der Waals surface area (Å²) >= 11 is 0. The van der Waals surface area contributed by atoms with Gasteiger partial charge in [0.1, 0.15) is 0 Å². The zero-order valence-electron chi connectivity index (χ0n) is 22.9. The van der Waals surface area contributed by atoms with Crippen molar-refractivity contribution in [1.29, 1.82) is 0 Å². The number of benzene rings is 5. The van der Waals surface area contributed by atoms with Crippen molar-refractivity contribution in [3.63, 3.8) is 0 Å². The standard InChI is InChI=1S/C38H26N4/c1-3-25-21-34(24-39-35(25)4-2)28-13-17-29(18-14-28)36-40-37(32-19-15-26-9-5-7-11-30(26)22-32)42-38(41-36)33-20-16-27-10-6-8-12-31(27)23-33/h3-24H,1-2H2. The molecule has 0 radical (unpaired) electrons. The van der Waals surface area contributed by atoms with Crippen molar-refractivity contribution in [2.75, 3.05) is 0 Å². The molecule has 0 aliphatic carbocycles. The van der Waals surface area contributed by atoms with Gasteiger partial charge < -0.3 is 0 Å². The van der Waals surface area contributed by atoms with Crippen molar-refractivity contribution in [3.8, 4) is 45.3 Å². The van der Waals surface area contributed by atoms with E-state index in [0.717, 1.165) is 49.8 Å². The van der Waals surface area contributed by atoms with E-state index in [9.17, 15) is 0 Å². The van der Waals surface area contributed by atoms with Crippen molar-refractivity contribution in [2.24, 2.45) is 0 Å². The predicted molar refractivity (Wildman–Crippen MR) is 175 cm³/mol. The van der Waals surface area contributed by atoms with E-state index in [0.29, 0.717) is 17.5 Å². The van der Waals surface area contributed by atoms with Crippen molar-refractivity contribution in [2.45, 2.75) is 0 Å². The monoisotopic (exact) mass is 538 g/mol. The van der Waals surface area contributed by atoms with Gasteiger partial charge in [-0.3, -0.25) is 4.98 Å². The second-order valence-electron chi connectivity index (χ2n) is 10.1. The molecular weight excluding hydrogens is 512 g/mol. The summed E-state index contributed by atoms with van der Waals surface area (Å²) in [6.07, 6.45) is 5.40. The number of nitrogens with zero attached hydrogens (tertiary/aromatic N) is 4. The topological polar surface area (TPSA) is 51.6 Å². The summed E-state index contributed by atoms with van der Waals surface area (Å²) in [6, 6.07) is 39.6. The van der Waals surface area contributed by atoms with Crippen LogP contribution < -0.4 is 0 Å². The summed E-state index contributed by atoms with van der Waals surface area (Å²) in [7, 11) is 0. The third-order valence-corrected chi connectivity index (χ3v) is 7.49. The van der Waals surface area contributed by atoms with Crippen LogP contribution in [0.25, 0.3) is 79.0 Å². The van der Waals surface area contributed by atoms with Gasteiger partial charge in [-0.2, -0.15) is 0 Å². The lowest BCUT2D eigenvalue weighted by Gasteiger charge is -2.10. The Hall–Kier alpha value is -5.74. The van der Waals surface area contributed by atoms with E-state index >= 15 is 0 Å². The molecule has 42 heavy (non-hydrogen) atoms. The lowest BCUT2D eigenvalue weighted by molar-refractivity contribution is 1.08. The Morgan fingerprint density at radius 2 is 0.905 bits per heavy atom. The number of fused-ring (bicyclic) bond motifs is 2. The Morgan fingerprint density at radius 3 is 1.43 bits per heavy atom. The molecular formula is C38H26N4. The lowest BCUT2D eigenvalue weighted by Crippen LogP contribution is -2.00. The van der Waals surface area contributed by atoms with E-state index in [2.05, 4.69) is 97.0 Å². The minimum Gasteiger partial charge on any atom is -0.256 e. The fourth-order valence-electron chi connectivity index (χ4n) is 5.22. The van der Waals surface area contributed by atoms with Gasteiger partial charge in [0.25, 0.3) is 0 Å². The highest BCUT2D eigenvalue weighted by atomic mass is 15.0. The first-order chi connectivity index (χ1) is 20.7. The molecule has 0 amide bonds. The average Bonchev–Trinajstić information content (AvgIpc) is 3.07. The van der Waals surface area contributed by atoms with Crippen LogP contribution >= 0.6 is 0 Å². The molecule has 5 aromatic carbocycles. The Morgan fingerprint density at radius 1 is 0.429 bits per heavy atom. The fourth-order valence-corrected chi connectivity index (χ4v) is 5.22. The normalized spacial score (nSPS) is 11.0. The quantitative estimate of drug-likeness (QED) is 0.212. The Labute approximate surface area is 244 Å². The van der Waals surface area contributed by atoms with Crippen molar-refractivity contribution in [1.82, 2.24) is 19.9 Å². The minimum absolute atomic E-state index is 0.620. The molecule has 0 saturated carbocycles. The van der Waals surface area contributed by atoms with E-state index < -0.39 is 0 Å². The van der Waals surface area contributed by atoms with Gasteiger partial charge in [-0.05, 0) is 51.4 Å². The van der Waals surface area contributed by atoms with E-state index in [1.54, 1.807) is 12.2 Å². The molecule has 2 heterocycles. The van der Waals surface area contributed by atoms with Crippen LogP contribution in [0.1, 0.15) is 11.3 Å². The maximum Gasteiger partial charge on any atom is 0.164 e. The van der Waals surface area contributed by atoms with Crippen LogP contribution in [0.15, 0.2) is 135 Å². The lowest BCUT2D eigenvalue weighted by atomic mass is 10.0.